The van der Waals surface area contributed by atoms with Crippen LogP contribution in [0.3, 0.4) is 0 Å². The van der Waals surface area contributed by atoms with Crippen LogP contribution in [0.25, 0.3) is 0 Å². The Labute approximate surface area is 204 Å². The molecule has 4 rings (SSSR count). The lowest BCUT2D eigenvalue weighted by Gasteiger charge is -2.19. The average molecular weight is 470 g/mol. The molecule has 0 unspecified atom stereocenters. The number of benzene rings is 2. The zero-order chi connectivity index (χ0) is 23.8. The summed E-state index contributed by atoms with van der Waals surface area (Å²) in [7, 11) is 2.04. The van der Waals surface area contributed by atoms with E-state index < -0.39 is 0 Å². The Balaban J connectivity index is 1.38. The second kappa shape index (κ2) is 11.4. The molecule has 0 bridgehead atoms. The first-order chi connectivity index (χ1) is 16.6. The molecule has 2 aromatic carbocycles. The van der Waals surface area contributed by atoms with E-state index in [1.54, 1.807) is 24.2 Å². The zero-order valence-electron chi connectivity index (χ0n) is 19.3. The van der Waals surface area contributed by atoms with E-state index in [1.807, 2.05) is 74.6 Å². The highest BCUT2D eigenvalue weighted by molar-refractivity contribution is 7.98. The van der Waals surface area contributed by atoms with E-state index in [4.69, 9.17) is 4.98 Å². The summed E-state index contributed by atoms with van der Waals surface area (Å²) in [6.07, 6.45) is 3.44. The van der Waals surface area contributed by atoms with E-state index in [1.165, 1.54) is 5.56 Å². The lowest BCUT2D eigenvalue weighted by atomic mass is 10.1. The number of amides is 1. The number of pyridine rings is 1. The quantitative estimate of drug-likeness (QED) is 0.274. The maximum absolute atomic E-state index is 12.6. The minimum atomic E-state index is -0.0970. The number of carbonyl (C=O) groups excluding carboxylic acids is 1. The van der Waals surface area contributed by atoms with Gasteiger partial charge in [-0.05, 0) is 47.9 Å². The van der Waals surface area contributed by atoms with Gasteiger partial charge in [0.1, 0.15) is 5.82 Å². The maximum Gasteiger partial charge on any atom is 0.251 e. The molecule has 0 saturated heterocycles. The molecule has 172 valence electrons. The molecule has 2 heterocycles. The Morgan fingerprint density at radius 3 is 2.47 bits per heavy atom. The number of thioether (sulfide) groups is 1. The van der Waals surface area contributed by atoms with Crippen molar-refractivity contribution in [3.8, 4) is 0 Å². The van der Waals surface area contributed by atoms with Gasteiger partial charge in [-0.25, -0.2) is 9.97 Å². The predicted molar refractivity (Wildman–Crippen MR) is 137 cm³/mol. The molecule has 0 aliphatic heterocycles. The number of nitrogens with zero attached hydrogens (tertiary/aromatic N) is 4. The lowest BCUT2D eigenvalue weighted by Crippen LogP contribution is -2.22. The minimum absolute atomic E-state index is 0.0970. The Hall–Kier alpha value is -3.71. The largest absolute Gasteiger partial charge is 0.355 e. The third kappa shape index (κ3) is 6.65. The van der Waals surface area contributed by atoms with Crippen LogP contribution in [0.4, 0.5) is 5.82 Å². The van der Waals surface area contributed by atoms with Crippen LogP contribution < -0.4 is 10.2 Å². The van der Waals surface area contributed by atoms with Crippen molar-refractivity contribution in [3.63, 3.8) is 0 Å². The number of hydrogen-bond donors (Lipinski definition) is 1. The molecule has 0 spiro atoms. The number of anilines is 1. The van der Waals surface area contributed by atoms with E-state index in [0.29, 0.717) is 17.9 Å². The van der Waals surface area contributed by atoms with E-state index >= 15 is 0 Å². The summed E-state index contributed by atoms with van der Waals surface area (Å²) in [6.45, 7) is 3.23. The highest BCUT2D eigenvalue weighted by Gasteiger charge is 2.10. The van der Waals surface area contributed by atoms with Gasteiger partial charge in [0.05, 0.1) is 0 Å². The SMILES string of the molecule is Cc1cc(N(C)Cc2ccccc2)nc(SCc2cccc(C(=O)NCc3ccncc3)c2)n1. The summed E-state index contributed by atoms with van der Waals surface area (Å²) in [5.74, 6) is 1.47. The average Bonchev–Trinajstić information content (AvgIpc) is 2.87. The number of carbonyl (C=O) groups is 1. The molecule has 7 heteroatoms. The third-order valence-corrected chi connectivity index (χ3v) is 6.15. The smallest absolute Gasteiger partial charge is 0.251 e. The molecule has 0 radical (unpaired) electrons. The van der Waals surface area contributed by atoms with E-state index in [9.17, 15) is 4.79 Å². The van der Waals surface area contributed by atoms with Gasteiger partial charge in [0, 0.05) is 55.6 Å². The Morgan fingerprint density at radius 2 is 1.68 bits per heavy atom. The fraction of sp³-hybridized carbons (Fsp3) is 0.185. The second-order valence-electron chi connectivity index (χ2n) is 8.02. The lowest BCUT2D eigenvalue weighted by molar-refractivity contribution is 0.0951. The van der Waals surface area contributed by atoms with E-state index in [2.05, 4.69) is 32.3 Å². The number of hydrogen-bond acceptors (Lipinski definition) is 6. The van der Waals surface area contributed by atoms with E-state index in [-0.39, 0.29) is 5.91 Å². The molecule has 1 N–H and O–H groups in total. The predicted octanol–water partition coefficient (Wildman–Crippen LogP) is 5.04. The van der Waals surface area contributed by atoms with Gasteiger partial charge < -0.3 is 10.2 Å². The van der Waals surface area contributed by atoms with Gasteiger partial charge in [-0.15, -0.1) is 0 Å². The second-order valence-corrected chi connectivity index (χ2v) is 8.96. The minimum Gasteiger partial charge on any atom is -0.355 e. The van der Waals surface area contributed by atoms with Crippen LogP contribution in [0.1, 0.15) is 32.7 Å². The van der Waals surface area contributed by atoms with Crippen molar-refractivity contribution < 1.29 is 4.79 Å². The van der Waals surface area contributed by atoms with Gasteiger partial charge in [0.25, 0.3) is 5.91 Å². The molecule has 2 aromatic heterocycles. The van der Waals surface area contributed by atoms with Crippen molar-refractivity contribution in [1.29, 1.82) is 0 Å². The van der Waals surface area contributed by atoms with Gasteiger partial charge in [0.2, 0.25) is 0 Å². The highest BCUT2D eigenvalue weighted by Crippen LogP contribution is 2.23. The number of aromatic nitrogens is 3. The van der Waals surface area contributed by atoms with Gasteiger partial charge in [-0.1, -0.05) is 54.2 Å². The van der Waals surface area contributed by atoms with Crippen LogP contribution in [-0.2, 0) is 18.8 Å². The van der Waals surface area contributed by atoms with Crippen molar-refractivity contribution >= 4 is 23.5 Å². The van der Waals surface area contributed by atoms with Crippen molar-refractivity contribution in [2.45, 2.75) is 30.9 Å². The normalized spacial score (nSPS) is 10.6. The van der Waals surface area contributed by atoms with Crippen LogP contribution in [0.2, 0.25) is 0 Å². The monoisotopic (exact) mass is 469 g/mol. The Kier molecular flexibility index (Phi) is 7.88. The topological polar surface area (TPSA) is 71.0 Å². The first-order valence-electron chi connectivity index (χ1n) is 11.1. The standard InChI is InChI=1S/C27H27N5OS/c1-20-15-25(32(2)18-22-7-4-3-5-8-22)31-27(30-20)34-19-23-9-6-10-24(16-23)26(33)29-17-21-11-13-28-14-12-21/h3-16H,17-19H2,1-2H3,(H,29,33). The number of aryl methyl sites for hydroxylation is 1. The summed E-state index contributed by atoms with van der Waals surface area (Å²) >= 11 is 1.57. The fourth-order valence-corrected chi connectivity index (χ4v) is 4.30. The first-order valence-corrected chi connectivity index (χ1v) is 12.0. The Bertz CT molecular complexity index is 1230. The highest BCUT2D eigenvalue weighted by atomic mass is 32.2. The molecule has 34 heavy (non-hydrogen) atoms. The molecule has 4 aromatic rings. The summed E-state index contributed by atoms with van der Waals surface area (Å²) in [4.78, 5) is 28.1. The molecule has 6 nitrogen and oxygen atoms in total. The molecule has 0 aliphatic rings. The molecular formula is C27H27N5OS. The van der Waals surface area contributed by atoms with Crippen molar-refractivity contribution in [1.82, 2.24) is 20.3 Å². The Morgan fingerprint density at radius 1 is 0.912 bits per heavy atom. The summed E-state index contributed by atoms with van der Waals surface area (Å²) in [5.41, 5.74) is 4.86. The van der Waals surface area contributed by atoms with Crippen molar-refractivity contribution in [2.24, 2.45) is 0 Å². The zero-order valence-corrected chi connectivity index (χ0v) is 20.1. The first kappa shape index (κ1) is 23.4. The van der Waals surface area contributed by atoms with Crippen LogP contribution in [-0.4, -0.2) is 27.9 Å². The number of rotatable bonds is 9. The summed E-state index contributed by atoms with van der Waals surface area (Å²) in [6, 6.07) is 23.8. The summed E-state index contributed by atoms with van der Waals surface area (Å²) in [5, 5.41) is 3.68. The molecule has 0 fully saturated rings. The van der Waals surface area contributed by atoms with Gasteiger partial charge in [-0.2, -0.15) is 0 Å². The van der Waals surface area contributed by atoms with Crippen LogP contribution in [0.5, 0.6) is 0 Å². The van der Waals surface area contributed by atoms with Crippen LogP contribution in [0.15, 0.2) is 90.3 Å². The molecule has 0 atom stereocenters. The maximum atomic E-state index is 12.6. The van der Waals surface area contributed by atoms with E-state index in [0.717, 1.165) is 34.3 Å². The number of nitrogens with one attached hydrogen (secondary N) is 1. The molecule has 0 saturated carbocycles. The van der Waals surface area contributed by atoms with Crippen LogP contribution >= 0.6 is 11.8 Å². The molecular weight excluding hydrogens is 442 g/mol. The molecule has 0 aliphatic carbocycles. The molecule has 1 amide bonds. The third-order valence-electron chi connectivity index (χ3n) is 5.23. The summed E-state index contributed by atoms with van der Waals surface area (Å²) < 4.78 is 0. The van der Waals surface area contributed by atoms with Gasteiger partial charge in [-0.3, -0.25) is 9.78 Å². The van der Waals surface area contributed by atoms with Crippen molar-refractivity contribution in [3.05, 3.63) is 113 Å². The van der Waals surface area contributed by atoms with Gasteiger partial charge in [0.15, 0.2) is 5.16 Å². The van der Waals surface area contributed by atoms with Gasteiger partial charge >= 0.3 is 0 Å². The van der Waals surface area contributed by atoms with Crippen molar-refractivity contribution in [2.75, 3.05) is 11.9 Å². The van der Waals surface area contributed by atoms with Crippen LogP contribution in [0, 0.1) is 6.92 Å². The fourth-order valence-electron chi connectivity index (χ4n) is 3.46.